The van der Waals surface area contributed by atoms with Gasteiger partial charge in [0.1, 0.15) is 5.82 Å². The van der Waals surface area contributed by atoms with Crippen LogP contribution >= 0.6 is 15.9 Å². The normalized spacial score (nSPS) is 11.2. The van der Waals surface area contributed by atoms with Gasteiger partial charge in [0.05, 0.1) is 22.0 Å². The molecule has 0 aliphatic carbocycles. The van der Waals surface area contributed by atoms with Crippen molar-refractivity contribution < 1.29 is 14.5 Å². The Morgan fingerprint density at radius 3 is 2.81 bits per heavy atom. The standard InChI is InChI=1S/C21H19BrN4O5/c1-3-4-8-19-24-17-10-9-15(22)11-16(17)21(28)25(19)23-12-14-6-5-7-18(26(29)30)20(14)31-13(2)27/h5-7,9-12H,3-4,8H2,1-2H3. The van der Waals surface area contributed by atoms with Crippen LogP contribution in [0.4, 0.5) is 5.69 Å². The van der Waals surface area contributed by atoms with E-state index in [1.165, 1.54) is 29.1 Å². The third kappa shape index (κ3) is 5.02. The number of carbonyl (C=O) groups is 1. The lowest BCUT2D eigenvalue weighted by molar-refractivity contribution is -0.385. The van der Waals surface area contributed by atoms with Gasteiger partial charge in [-0.1, -0.05) is 35.3 Å². The second-order valence-corrected chi connectivity index (χ2v) is 7.62. The molecule has 3 aromatic rings. The van der Waals surface area contributed by atoms with Crippen LogP contribution in [0.1, 0.15) is 38.1 Å². The minimum absolute atomic E-state index is 0.187. The van der Waals surface area contributed by atoms with Gasteiger partial charge in [0.15, 0.2) is 0 Å². The molecular formula is C21H19BrN4O5. The van der Waals surface area contributed by atoms with E-state index in [2.05, 4.69) is 26.0 Å². The van der Waals surface area contributed by atoms with Gasteiger partial charge in [-0.3, -0.25) is 19.7 Å². The number of benzene rings is 2. The number of hydrogen-bond acceptors (Lipinski definition) is 7. The third-order valence-corrected chi connectivity index (χ3v) is 4.90. The number of fused-ring (bicyclic) bond motifs is 1. The minimum Gasteiger partial charge on any atom is -0.419 e. The lowest BCUT2D eigenvalue weighted by Gasteiger charge is -2.10. The van der Waals surface area contributed by atoms with Gasteiger partial charge in [0.2, 0.25) is 5.75 Å². The second kappa shape index (κ2) is 9.61. The van der Waals surface area contributed by atoms with E-state index < -0.39 is 10.9 Å². The fraction of sp³-hybridized carbons (Fsp3) is 0.238. The summed E-state index contributed by atoms with van der Waals surface area (Å²) in [4.78, 5) is 39.8. The van der Waals surface area contributed by atoms with Crippen LogP contribution in [0.15, 0.2) is 50.8 Å². The highest BCUT2D eigenvalue weighted by Crippen LogP contribution is 2.30. The number of esters is 1. The van der Waals surface area contributed by atoms with E-state index in [0.29, 0.717) is 23.1 Å². The molecule has 0 fully saturated rings. The van der Waals surface area contributed by atoms with Crippen molar-refractivity contribution in [3.05, 3.63) is 72.7 Å². The Kier molecular flexibility index (Phi) is 6.91. The van der Waals surface area contributed by atoms with Crippen LogP contribution in [0.25, 0.3) is 10.9 Å². The van der Waals surface area contributed by atoms with Crippen molar-refractivity contribution in [3.8, 4) is 5.75 Å². The van der Waals surface area contributed by atoms with Gasteiger partial charge in [-0.2, -0.15) is 9.78 Å². The van der Waals surface area contributed by atoms with E-state index in [4.69, 9.17) is 4.74 Å². The molecule has 0 atom stereocenters. The molecule has 0 aliphatic heterocycles. The van der Waals surface area contributed by atoms with Crippen molar-refractivity contribution in [2.45, 2.75) is 33.1 Å². The van der Waals surface area contributed by atoms with Gasteiger partial charge in [0, 0.05) is 29.4 Å². The third-order valence-electron chi connectivity index (χ3n) is 4.41. The van der Waals surface area contributed by atoms with Crippen LogP contribution in [0.5, 0.6) is 5.75 Å². The average molecular weight is 487 g/mol. The van der Waals surface area contributed by atoms with Gasteiger partial charge in [-0.15, -0.1) is 0 Å². The Hall–Kier alpha value is -3.40. The quantitative estimate of drug-likeness (QED) is 0.162. The van der Waals surface area contributed by atoms with E-state index in [9.17, 15) is 19.7 Å². The van der Waals surface area contributed by atoms with E-state index in [1.54, 1.807) is 18.2 Å². The first kappa shape index (κ1) is 22.3. The molecular weight excluding hydrogens is 468 g/mol. The van der Waals surface area contributed by atoms with Gasteiger partial charge in [0.25, 0.3) is 5.56 Å². The molecule has 9 nitrogen and oxygen atoms in total. The van der Waals surface area contributed by atoms with Gasteiger partial charge < -0.3 is 4.74 Å². The van der Waals surface area contributed by atoms with Crippen LogP contribution in [0, 0.1) is 10.1 Å². The lowest BCUT2D eigenvalue weighted by Crippen LogP contribution is -2.22. The smallest absolute Gasteiger partial charge is 0.312 e. The van der Waals surface area contributed by atoms with E-state index in [1.807, 2.05) is 6.92 Å². The van der Waals surface area contributed by atoms with Crippen LogP contribution in [-0.4, -0.2) is 26.8 Å². The van der Waals surface area contributed by atoms with Crippen molar-refractivity contribution in [2.75, 3.05) is 0 Å². The monoisotopic (exact) mass is 486 g/mol. The molecule has 0 unspecified atom stereocenters. The topological polar surface area (TPSA) is 117 Å². The Morgan fingerprint density at radius 2 is 2.13 bits per heavy atom. The molecule has 0 saturated carbocycles. The summed E-state index contributed by atoms with van der Waals surface area (Å²) in [5.74, 6) is -0.470. The number of aromatic nitrogens is 2. The first-order chi connectivity index (χ1) is 14.8. The SMILES string of the molecule is CCCCc1nc2ccc(Br)cc2c(=O)n1N=Cc1cccc([N+](=O)[O-])c1OC(C)=O. The maximum atomic E-state index is 13.1. The van der Waals surface area contributed by atoms with Crippen molar-refractivity contribution in [2.24, 2.45) is 5.10 Å². The van der Waals surface area contributed by atoms with Crippen molar-refractivity contribution in [1.82, 2.24) is 9.66 Å². The second-order valence-electron chi connectivity index (χ2n) is 6.70. The first-order valence-corrected chi connectivity index (χ1v) is 10.3. The minimum atomic E-state index is -0.707. The van der Waals surface area contributed by atoms with Gasteiger partial charge in [-0.05, 0) is 30.7 Å². The number of halogens is 1. The Balaban J connectivity index is 2.17. The zero-order valence-corrected chi connectivity index (χ0v) is 18.5. The number of para-hydroxylation sites is 1. The summed E-state index contributed by atoms with van der Waals surface area (Å²) < 4.78 is 6.97. The van der Waals surface area contributed by atoms with Crippen molar-refractivity contribution in [3.63, 3.8) is 0 Å². The van der Waals surface area contributed by atoms with Crippen LogP contribution < -0.4 is 10.3 Å². The molecule has 0 bridgehead atoms. The maximum Gasteiger partial charge on any atom is 0.312 e. The highest BCUT2D eigenvalue weighted by atomic mass is 79.9. The molecule has 2 aromatic carbocycles. The number of carbonyl (C=O) groups excluding carboxylic acids is 1. The largest absolute Gasteiger partial charge is 0.419 e. The first-order valence-electron chi connectivity index (χ1n) is 9.53. The molecule has 1 heterocycles. The zero-order chi connectivity index (χ0) is 22.5. The number of ether oxygens (including phenoxy) is 1. The van der Waals surface area contributed by atoms with Crippen molar-refractivity contribution in [1.29, 1.82) is 0 Å². The summed E-state index contributed by atoms with van der Waals surface area (Å²) in [6.07, 6.45) is 3.49. The maximum absolute atomic E-state index is 13.1. The number of unbranched alkanes of at least 4 members (excludes halogenated alkanes) is 1. The summed E-state index contributed by atoms with van der Waals surface area (Å²) >= 11 is 3.35. The molecule has 0 radical (unpaired) electrons. The predicted octanol–water partition coefficient (Wildman–Crippen LogP) is 4.22. The summed E-state index contributed by atoms with van der Waals surface area (Å²) in [6.45, 7) is 3.18. The molecule has 0 saturated heterocycles. The number of nitro groups is 1. The highest BCUT2D eigenvalue weighted by molar-refractivity contribution is 9.10. The van der Waals surface area contributed by atoms with Crippen LogP contribution in [0.3, 0.4) is 0 Å². The molecule has 0 N–H and O–H groups in total. The molecule has 10 heteroatoms. The summed E-state index contributed by atoms with van der Waals surface area (Å²) in [7, 11) is 0. The molecule has 3 rings (SSSR count). The Labute approximate surface area is 185 Å². The molecule has 160 valence electrons. The fourth-order valence-corrected chi connectivity index (χ4v) is 3.33. The average Bonchev–Trinajstić information content (AvgIpc) is 2.72. The van der Waals surface area contributed by atoms with Crippen molar-refractivity contribution >= 4 is 44.7 Å². The Morgan fingerprint density at radius 1 is 1.35 bits per heavy atom. The summed E-state index contributed by atoms with van der Waals surface area (Å²) in [5.41, 5.74) is 0.000162. The van der Waals surface area contributed by atoms with E-state index >= 15 is 0 Å². The van der Waals surface area contributed by atoms with Crippen LogP contribution in [-0.2, 0) is 11.2 Å². The summed E-state index contributed by atoms with van der Waals surface area (Å²) in [6, 6.07) is 9.41. The number of aryl methyl sites for hydroxylation is 1. The zero-order valence-electron chi connectivity index (χ0n) is 16.9. The molecule has 31 heavy (non-hydrogen) atoms. The Bertz CT molecular complexity index is 1250. The van der Waals surface area contributed by atoms with E-state index in [-0.39, 0.29) is 22.6 Å². The molecule has 0 spiro atoms. The number of nitro benzene ring substituents is 1. The highest BCUT2D eigenvalue weighted by Gasteiger charge is 2.20. The number of hydrogen-bond donors (Lipinski definition) is 0. The lowest BCUT2D eigenvalue weighted by atomic mass is 10.2. The summed E-state index contributed by atoms with van der Waals surface area (Å²) in [5, 5.41) is 16.0. The molecule has 0 aliphatic rings. The predicted molar refractivity (Wildman–Crippen MR) is 120 cm³/mol. The number of nitrogens with zero attached hydrogens (tertiary/aromatic N) is 4. The number of rotatable bonds is 7. The molecule has 0 amide bonds. The van der Waals surface area contributed by atoms with E-state index in [0.717, 1.165) is 24.2 Å². The van der Waals surface area contributed by atoms with Gasteiger partial charge >= 0.3 is 11.7 Å². The fourth-order valence-electron chi connectivity index (χ4n) is 2.97. The van der Waals surface area contributed by atoms with Gasteiger partial charge in [-0.25, -0.2) is 4.98 Å². The molecule has 1 aromatic heterocycles. The van der Waals surface area contributed by atoms with Crippen LogP contribution in [0.2, 0.25) is 0 Å².